The number of allylic oxidation sites excluding steroid dienone is 3. The van der Waals surface area contributed by atoms with E-state index in [1.54, 1.807) is 0 Å². The van der Waals surface area contributed by atoms with Crippen molar-refractivity contribution in [3.05, 3.63) is 35.7 Å². The van der Waals surface area contributed by atoms with Crippen molar-refractivity contribution in [2.45, 2.75) is 18.9 Å². The molecule has 22 heavy (non-hydrogen) atoms. The predicted molar refractivity (Wildman–Crippen MR) is 90.0 cm³/mol. The van der Waals surface area contributed by atoms with Crippen LogP contribution in [0.1, 0.15) is 12.8 Å². The molecule has 1 amide bonds. The van der Waals surface area contributed by atoms with E-state index in [0.29, 0.717) is 29.6 Å². The first-order valence-electron chi connectivity index (χ1n) is 6.76. The molecule has 1 aliphatic rings. The molecule has 1 rings (SSSR count). The summed E-state index contributed by atoms with van der Waals surface area (Å²) in [7, 11) is 0. The molecule has 1 fully saturated rings. The van der Waals surface area contributed by atoms with Crippen molar-refractivity contribution in [1.29, 1.82) is 0 Å². The highest BCUT2D eigenvalue weighted by molar-refractivity contribution is 8.17. The van der Waals surface area contributed by atoms with Gasteiger partial charge in [0, 0.05) is 19.1 Å². The Morgan fingerprint density at radius 3 is 2.50 bits per heavy atom. The summed E-state index contributed by atoms with van der Waals surface area (Å²) in [5.41, 5.74) is 16.7. The quantitative estimate of drug-likeness (QED) is 0.375. The van der Waals surface area contributed by atoms with Crippen LogP contribution in [0.15, 0.2) is 40.6 Å². The highest BCUT2D eigenvalue weighted by Crippen LogP contribution is 2.16. The van der Waals surface area contributed by atoms with Crippen LogP contribution in [0, 0.1) is 0 Å². The molecule has 1 aliphatic heterocycles. The normalized spacial score (nSPS) is 17.8. The van der Waals surface area contributed by atoms with Gasteiger partial charge in [0.2, 0.25) is 0 Å². The van der Waals surface area contributed by atoms with Crippen molar-refractivity contribution < 1.29 is 9.59 Å². The molecule has 0 saturated carbocycles. The molecule has 0 unspecified atom stereocenters. The Morgan fingerprint density at radius 1 is 1.36 bits per heavy atom. The van der Waals surface area contributed by atoms with Crippen LogP contribution in [0.2, 0.25) is 0 Å². The van der Waals surface area contributed by atoms with Gasteiger partial charge in [-0.05, 0) is 43.0 Å². The highest BCUT2D eigenvalue weighted by Gasteiger charge is 2.16. The fourth-order valence-corrected chi connectivity index (χ4v) is 2.40. The minimum atomic E-state index is -0.668. The van der Waals surface area contributed by atoms with E-state index >= 15 is 0 Å². The highest BCUT2D eigenvalue weighted by atomic mass is 32.2. The summed E-state index contributed by atoms with van der Waals surface area (Å²) in [5.74, 6) is 0.561. The van der Waals surface area contributed by atoms with E-state index in [1.807, 2.05) is 4.90 Å². The number of carbonyl (C=O) groups is 2. The lowest BCUT2D eigenvalue weighted by atomic mass is 10.1. The van der Waals surface area contributed by atoms with Gasteiger partial charge in [0.25, 0.3) is 5.24 Å². The Labute approximate surface area is 134 Å². The molecule has 0 aromatic rings. The van der Waals surface area contributed by atoms with Crippen molar-refractivity contribution in [3.63, 3.8) is 0 Å². The Bertz CT molecular complexity index is 519. The molecule has 0 spiro atoms. The molecule has 7 nitrogen and oxygen atoms in total. The van der Waals surface area contributed by atoms with Crippen molar-refractivity contribution in [3.8, 4) is 0 Å². The van der Waals surface area contributed by atoms with Crippen molar-refractivity contribution in [2.24, 2.45) is 22.2 Å². The average Bonchev–Trinajstić information content (AvgIpc) is 2.46. The number of aliphatic imine (C=N–C) groups is 1. The second-order valence-corrected chi connectivity index (χ2v) is 5.80. The number of primary amides is 1. The van der Waals surface area contributed by atoms with Gasteiger partial charge in [-0.25, -0.2) is 4.99 Å². The first-order valence-corrected chi connectivity index (χ1v) is 7.58. The minimum Gasteiger partial charge on any atom is -0.405 e. The number of nitrogens with two attached hydrogens (primary N) is 3. The third kappa shape index (κ3) is 6.15. The number of hydrogen-bond donors (Lipinski definition) is 3. The van der Waals surface area contributed by atoms with Gasteiger partial charge >= 0.3 is 0 Å². The molecule has 0 aromatic carbocycles. The van der Waals surface area contributed by atoms with E-state index in [-0.39, 0.29) is 10.9 Å². The maximum Gasteiger partial charge on any atom is 0.281 e. The Balaban J connectivity index is 2.88. The number of rotatable bonds is 6. The summed E-state index contributed by atoms with van der Waals surface area (Å²) >= 11 is 0.633. The maximum absolute atomic E-state index is 10.9. The fourth-order valence-electron chi connectivity index (χ4n) is 1.94. The van der Waals surface area contributed by atoms with Crippen molar-refractivity contribution in [2.75, 3.05) is 13.1 Å². The summed E-state index contributed by atoms with van der Waals surface area (Å²) in [6.45, 7) is 5.49. The topological polar surface area (TPSA) is 128 Å². The van der Waals surface area contributed by atoms with Gasteiger partial charge < -0.3 is 22.1 Å². The third-order valence-electron chi connectivity index (χ3n) is 3.05. The lowest BCUT2D eigenvalue weighted by Crippen LogP contribution is -2.38. The van der Waals surface area contributed by atoms with Crippen LogP contribution in [0.4, 0.5) is 4.79 Å². The third-order valence-corrected chi connectivity index (χ3v) is 3.71. The van der Waals surface area contributed by atoms with E-state index < -0.39 is 5.24 Å². The zero-order valence-corrected chi connectivity index (χ0v) is 13.1. The molecule has 0 radical (unpaired) electrons. The number of hydrogen-bond acceptors (Lipinski definition) is 7. The first kappa shape index (κ1) is 18.0. The molecule has 0 aliphatic carbocycles. The molecule has 120 valence electrons. The van der Waals surface area contributed by atoms with Gasteiger partial charge in [-0.1, -0.05) is 6.58 Å². The number of aldehydes is 1. The summed E-state index contributed by atoms with van der Waals surface area (Å²) in [6.07, 6.45) is 6.55. The summed E-state index contributed by atoms with van der Waals surface area (Å²) in [4.78, 5) is 28.3. The van der Waals surface area contributed by atoms with Crippen LogP contribution in [-0.4, -0.2) is 41.3 Å². The maximum atomic E-state index is 10.9. The molecule has 8 heteroatoms. The lowest BCUT2D eigenvalue weighted by Gasteiger charge is -2.31. The molecule has 6 N–H and O–H groups in total. The van der Waals surface area contributed by atoms with E-state index in [4.69, 9.17) is 17.2 Å². The van der Waals surface area contributed by atoms with Crippen molar-refractivity contribution in [1.82, 2.24) is 4.90 Å². The first-order chi connectivity index (χ1) is 10.5. The van der Waals surface area contributed by atoms with E-state index in [9.17, 15) is 9.59 Å². The smallest absolute Gasteiger partial charge is 0.281 e. The molecule has 0 atom stereocenters. The van der Waals surface area contributed by atoms with Gasteiger partial charge in [0.15, 0.2) is 6.29 Å². The molecule has 1 heterocycles. The number of piperidine rings is 1. The zero-order valence-electron chi connectivity index (χ0n) is 12.3. The molecular weight excluding hydrogens is 302 g/mol. The molecule has 1 saturated heterocycles. The van der Waals surface area contributed by atoms with Gasteiger partial charge in [0.1, 0.15) is 5.82 Å². The summed E-state index contributed by atoms with van der Waals surface area (Å²) in [6, 6.07) is 0.213. The zero-order chi connectivity index (χ0) is 16.5. The fraction of sp³-hybridized carbons (Fsp3) is 0.357. The number of thioether (sulfide) groups is 1. The van der Waals surface area contributed by atoms with E-state index in [1.165, 1.54) is 18.4 Å². The Hall–Kier alpha value is -2.06. The van der Waals surface area contributed by atoms with Gasteiger partial charge in [-0.2, -0.15) is 0 Å². The Morgan fingerprint density at radius 2 is 2.00 bits per heavy atom. The molecular formula is C14H21N5O2S. The van der Waals surface area contributed by atoms with Crippen LogP contribution in [0.5, 0.6) is 0 Å². The second kappa shape index (κ2) is 9.06. The summed E-state index contributed by atoms with van der Waals surface area (Å²) < 4.78 is 0. The summed E-state index contributed by atoms with van der Waals surface area (Å²) in [5, 5.41) is -0.668. The SMILES string of the molecule is C=C(N=C(C=C(C=O)SC(N)=O)/C=C\N)N1CCC(N)CC1. The molecule has 0 aromatic heterocycles. The number of carbonyl (C=O) groups excluding carboxylic acids is 2. The van der Waals surface area contributed by atoms with Gasteiger partial charge in [-0.3, -0.25) is 9.59 Å². The number of likely N-dealkylation sites (tertiary alicyclic amines) is 1. The largest absolute Gasteiger partial charge is 0.405 e. The van der Waals surface area contributed by atoms with E-state index in [0.717, 1.165) is 25.9 Å². The van der Waals surface area contributed by atoms with Crippen LogP contribution in [0.25, 0.3) is 0 Å². The van der Waals surface area contributed by atoms with Gasteiger partial charge in [0.05, 0.1) is 10.6 Å². The lowest BCUT2D eigenvalue weighted by molar-refractivity contribution is -0.104. The minimum absolute atomic E-state index is 0.151. The Kier molecular flexibility index (Phi) is 7.41. The molecule has 0 bridgehead atoms. The van der Waals surface area contributed by atoms with Crippen LogP contribution in [0.3, 0.4) is 0 Å². The van der Waals surface area contributed by atoms with Crippen LogP contribution in [-0.2, 0) is 4.79 Å². The average molecular weight is 323 g/mol. The monoisotopic (exact) mass is 323 g/mol. The second-order valence-electron chi connectivity index (χ2n) is 4.72. The van der Waals surface area contributed by atoms with Crippen LogP contribution >= 0.6 is 11.8 Å². The number of nitrogens with zero attached hydrogens (tertiary/aromatic N) is 2. The van der Waals surface area contributed by atoms with E-state index in [2.05, 4.69) is 11.6 Å². The van der Waals surface area contributed by atoms with Crippen molar-refractivity contribution >= 4 is 29.0 Å². The van der Waals surface area contributed by atoms with Gasteiger partial charge in [-0.15, -0.1) is 0 Å². The number of amides is 1. The predicted octanol–water partition coefficient (Wildman–Crippen LogP) is 0.689. The van der Waals surface area contributed by atoms with Crippen LogP contribution < -0.4 is 17.2 Å². The standard InChI is InChI=1S/C14H21N5O2S/c1-10(19-6-3-11(16)4-7-19)18-12(2-5-15)8-13(9-20)22-14(17)21/h2,5,8-9,11H,1,3-4,6-7,15-16H2,(H2,17,21)/b5-2-,13-8?,18-12?.